The maximum absolute atomic E-state index is 10.3. The molecule has 4 rings (SSSR count). The minimum absolute atomic E-state index is 0.0753. The van der Waals surface area contributed by atoms with Crippen molar-refractivity contribution in [3.8, 4) is 11.5 Å². The molecule has 5 nitrogen and oxygen atoms in total. The van der Waals surface area contributed by atoms with Crippen LogP contribution in [0.5, 0.6) is 11.5 Å². The highest BCUT2D eigenvalue weighted by molar-refractivity contribution is 6.10. The van der Waals surface area contributed by atoms with Gasteiger partial charge in [0.2, 0.25) is 0 Å². The van der Waals surface area contributed by atoms with E-state index in [2.05, 4.69) is 15.0 Å². The van der Waals surface area contributed by atoms with E-state index in [0.29, 0.717) is 11.3 Å². The molecular formula is C15H13N3O2. The number of phenolic OH excluding ortho intramolecular Hbond substituents is 1. The normalized spacial score (nSPS) is 14.2. The summed E-state index contributed by atoms with van der Waals surface area (Å²) < 4.78 is 5.23. The fourth-order valence-corrected chi connectivity index (χ4v) is 2.84. The summed E-state index contributed by atoms with van der Waals surface area (Å²) in [5.74, 6) is 0.511. The average molecular weight is 267 g/mol. The Balaban J connectivity index is 2.30. The predicted octanol–water partition coefficient (Wildman–Crippen LogP) is 1.78. The molecule has 1 aliphatic rings. The van der Waals surface area contributed by atoms with Crippen molar-refractivity contribution < 1.29 is 9.84 Å². The number of methoxy groups -OCH3 is 1. The van der Waals surface area contributed by atoms with E-state index in [1.807, 2.05) is 12.1 Å². The highest BCUT2D eigenvalue weighted by Gasteiger charge is 2.18. The molecule has 2 aromatic heterocycles. The zero-order chi connectivity index (χ0) is 13.7. The second kappa shape index (κ2) is 4.03. The first-order chi connectivity index (χ1) is 9.79. The van der Waals surface area contributed by atoms with Gasteiger partial charge >= 0.3 is 0 Å². The Morgan fingerprint density at radius 2 is 2.20 bits per heavy atom. The van der Waals surface area contributed by atoms with Gasteiger partial charge in [-0.05, 0) is 30.4 Å². The van der Waals surface area contributed by atoms with E-state index < -0.39 is 0 Å². The standard InChI is InChI=1S/C15H13N3O2/c1-20-10-7-8-4-6-17-13-11(8)14(15(10)19)18-9-3-2-5-16-12(9)13/h4,6-7,19H,2-3,5H2,1H3. The van der Waals surface area contributed by atoms with Gasteiger partial charge in [0.25, 0.3) is 0 Å². The molecule has 0 radical (unpaired) electrons. The number of aryl methyl sites for hydroxylation is 1. The Bertz CT molecular complexity index is 889. The van der Waals surface area contributed by atoms with Crippen molar-refractivity contribution in [1.29, 1.82) is 0 Å². The Morgan fingerprint density at radius 1 is 1.30 bits per heavy atom. The van der Waals surface area contributed by atoms with Crippen LogP contribution >= 0.6 is 0 Å². The van der Waals surface area contributed by atoms with E-state index >= 15 is 0 Å². The maximum atomic E-state index is 10.3. The molecule has 0 saturated heterocycles. The molecule has 20 heavy (non-hydrogen) atoms. The van der Waals surface area contributed by atoms with Crippen LogP contribution in [0.3, 0.4) is 0 Å². The average Bonchev–Trinajstić information content (AvgIpc) is 2.50. The second-order valence-electron chi connectivity index (χ2n) is 4.93. The first kappa shape index (κ1) is 11.4. The van der Waals surface area contributed by atoms with E-state index in [-0.39, 0.29) is 5.75 Å². The zero-order valence-electron chi connectivity index (χ0n) is 11.1. The third-order valence-electron chi connectivity index (χ3n) is 3.77. The van der Waals surface area contributed by atoms with Gasteiger partial charge in [-0.2, -0.15) is 0 Å². The Hall–Kier alpha value is -2.43. The molecule has 0 bridgehead atoms. The van der Waals surface area contributed by atoms with E-state index in [4.69, 9.17) is 4.74 Å². The minimum Gasteiger partial charge on any atom is -0.503 e. The third-order valence-corrected chi connectivity index (χ3v) is 3.77. The van der Waals surface area contributed by atoms with Gasteiger partial charge in [-0.15, -0.1) is 0 Å². The monoisotopic (exact) mass is 267 g/mol. The topological polar surface area (TPSA) is 67.6 Å². The molecular weight excluding hydrogens is 254 g/mol. The van der Waals surface area contributed by atoms with Gasteiger partial charge in [0.15, 0.2) is 11.5 Å². The number of rotatable bonds is 1. The van der Waals surface area contributed by atoms with Crippen LogP contribution in [-0.2, 0) is 6.42 Å². The van der Waals surface area contributed by atoms with Gasteiger partial charge in [0, 0.05) is 18.1 Å². The van der Waals surface area contributed by atoms with Crippen molar-refractivity contribution in [3.63, 3.8) is 0 Å². The van der Waals surface area contributed by atoms with Crippen molar-refractivity contribution in [2.75, 3.05) is 13.7 Å². The molecule has 0 unspecified atom stereocenters. The number of aromatic hydroxyl groups is 1. The van der Waals surface area contributed by atoms with Gasteiger partial charge in [-0.1, -0.05) is 0 Å². The SMILES string of the molecule is COc1cc2ccnc3c4c(nc(c1O)c23)CCCN=4. The summed E-state index contributed by atoms with van der Waals surface area (Å²) in [5.41, 5.74) is 2.28. The lowest BCUT2D eigenvalue weighted by atomic mass is 10.0. The summed E-state index contributed by atoms with van der Waals surface area (Å²) in [6.07, 6.45) is 3.61. The third kappa shape index (κ3) is 1.40. The van der Waals surface area contributed by atoms with Crippen LogP contribution in [0.4, 0.5) is 0 Å². The van der Waals surface area contributed by atoms with Crippen LogP contribution in [0.2, 0.25) is 0 Å². The molecule has 5 heteroatoms. The summed E-state index contributed by atoms with van der Waals surface area (Å²) in [4.78, 5) is 13.6. The molecule has 1 aliphatic heterocycles. The fraction of sp³-hybridized carbons (Fsp3) is 0.267. The first-order valence-corrected chi connectivity index (χ1v) is 6.61. The van der Waals surface area contributed by atoms with Crippen LogP contribution in [0, 0.1) is 0 Å². The highest BCUT2D eigenvalue weighted by atomic mass is 16.5. The number of hydrogen-bond acceptors (Lipinski definition) is 5. The number of benzene rings is 1. The molecule has 1 aromatic carbocycles. The molecule has 0 amide bonds. The van der Waals surface area contributed by atoms with Gasteiger partial charge in [0.1, 0.15) is 16.4 Å². The van der Waals surface area contributed by atoms with E-state index in [9.17, 15) is 5.11 Å². The number of phenols is 1. The van der Waals surface area contributed by atoms with Crippen molar-refractivity contribution in [3.05, 3.63) is 29.4 Å². The fourth-order valence-electron chi connectivity index (χ4n) is 2.84. The van der Waals surface area contributed by atoms with E-state index in [0.717, 1.165) is 46.7 Å². The molecule has 100 valence electrons. The maximum Gasteiger partial charge on any atom is 0.184 e. The number of pyridine rings is 2. The molecule has 0 fully saturated rings. The predicted molar refractivity (Wildman–Crippen MR) is 75.2 cm³/mol. The lowest BCUT2D eigenvalue weighted by Gasteiger charge is -2.14. The largest absolute Gasteiger partial charge is 0.503 e. The van der Waals surface area contributed by atoms with Gasteiger partial charge in [-0.25, -0.2) is 4.98 Å². The van der Waals surface area contributed by atoms with Crippen molar-refractivity contribution in [1.82, 2.24) is 9.97 Å². The summed E-state index contributed by atoms with van der Waals surface area (Å²) in [6.45, 7) is 0.809. The molecule has 0 aliphatic carbocycles. The smallest absolute Gasteiger partial charge is 0.184 e. The zero-order valence-corrected chi connectivity index (χ0v) is 11.1. The number of fused-ring (bicyclic) bond motifs is 2. The van der Waals surface area contributed by atoms with Crippen molar-refractivity contribution in [2.24, 2.45) is 4.99 Å². The molecule has 3 heterocycles. The lowest BCUT2D eigenvalue weighted by molar-refractivity contribution is 0.376. The second-order valence-corrected chi connectivity index (χ2v) is 4.93. The van der Waals surface area contributed by atoms with Crippen LogP contribution < -0.4 is 10.1 Å². The summed E-state index contributed by atoms with van der Waals surface area (Å²) >= 11 is 0. The summed E-state index contributed by atoms with van der Waals surface area (Å²) in [6, 6.07) is 3.71. The number of hydrogen-bond donors (Lipinski definition) is 1. The van der Waals surface area contributed by atoms with Gasteiger partial charge in [-0.3, -0.25) is 9.98 Å². The number of aromatic nitrogens is 2. The Kier molecular flexibility index (Phi) is 2.30. The van der Waals surface area contributed by atoms with Crippen molar-refractivity contribution >= 4 is 21.8 Å². The summed E-state index contributed by atoms with van der Waals surface area (Å²) in [7, 11) is 1.54. The van der Waals surface area contributed by atoms with E-state index in [1.54, 1.807) is 13.3 Å². The first-order valence-electron chi connectivity index (χ1n) is 6.61. The molecule has 3 aromatic rings. The molecule has 1 N–H and O–H groups in total. The molecule has 0 spiro atoms. The number of ether oxygens (including phenoxy) is 1. The quantitative estimate of drug-likeness (QED) is 0.729. The molecule has 0 saturated carbocycles. The van der Waals surface area contributed by atoms with Gasteiger partial charge in [0.05, 0.1) is 12.8 Å². The highest BCUT2D eigenvalue weighted by Crippen LogP contribution is 2.37. The lowest BCUT2D eigenvalue weighted by Crippen LogP contribution is -2.20. The number of nitrogens with zero attached hydrogens (tertiary/aromatic N) is 3. The minimum atomic E-state index is 0.0753. The Labute approximate surface area is 114 Å². The van der Waals surface area contributed by atoms with Gasteiger partial charge < -0.3 is 9.84 Å². The van der Waals surface area contributed by atoms with Crippen LogP contribution in [0.25, 0.3) is 21.8 Å². The van der Waals surface area contributed by atoms with Crippen LogP contribution in [0.1, 0.15) is 12.1 Å². The van der Waals surface area contributed by atoms with E-state index in [1.165, 1.54) is 0 Å². The summed E-state index contributed by atoms with van der Waals surface area (Å²) in [5, 5.41) is 13.0. The Morgan fingerprint density at radius 3 is 3.05 bits per heavy atom. The van der Waals surface area contributed by atoms with Crippen LogP contribution in [0.15, 0.2) is 23.3 Å². The van der Waals surface area contributed by atoms with Crippen LogP contribution in [-0.4, -0.2) is 28.7 Å². The van der Waals surface area contributed by atoms with Crippen molar-refractivity contribution in [2.45, 2.75) is 12.8 Å². The molecule has 0 atom stereocenters.